The van der Waals surface area contributed by atoms with E-state index < -0.39 is 0 Å². The quantitative estimate of drug-likeness (QED) is 0.784. The fourth-order valence-corrected chi connectivity index (χ4v) is 2.77. The Morgan fingerprint density at radius 3 is 2.64 bits per heavy atom. The normalized spacial score (nSPS) is 11.0. The van der Waals surface area contributed by atoms with Crippen molar-refractivity contribution in [3.8, 4) is 5.75 Å². The number of halogens is 1. The number of fused-ring (bicyclic) bond motifs is 1. The molecule has 0 atom stereocenters. The first-order valence-corrected chi connectivity index (χ1v) is 7.34. The average Bonchev–Trinajstić information content (AvgIpc) is 2.86. The molecule has 0 bridgehead atoms. The second-order valence-electron chi connectivity index (χ2n) is 5.35. The maximum Gasteiger partial charge on any atom is 0.147 e. The van der Waals surface area contributed by atoms with E-state index in [2.05, 4.69) is 0 Å². The van der Waals surface area contributed by atoms with Crippen molar-refractivity contribution in [3.05, 3.63) is 65.6 Å². The number of aryl methyl sites for hydroxylation is 1. The van der Waals surface area contributed by atoms with Crippen molar-refractivity contribution in [2.75, 3.05) is 6.54 Å². The molecule has 0 unspecified atom stereocenters. The number of hydrogen-bond acceptors (Lipinski definition) is 2. The lowest BCUT2D eigenvalue weighted by molar-refractivity contribution is 0.309. The maximum absolute atomic E-state index is 14.1. The van der Waals surface area contributed by atoms with E-state index in [1.54, 1.807) is 10.6 Å². The van der Waals surface area contributed by atoms with Crippen molar-refractivity contribution in [1.29, 1.82) is 0 Å². The van der Waals surface area contributed by atoms with Gasteiger partial charge in [0.05, 0.1) is 5.52 Å². The molecule has 0 aliphatic heterocycles. The van der Waals surface area contributed by atoms with Crippen LogP contribution in [0.1, 0.15) is 11.1 Å². The molecule has 0 spiro atoms. The highest BCUT2D eigenvalue weighted by Gasteiger charge is 2.15. The van der Waals surface area contributed by atoms with Gasteiger partial charge in [0, 0.05) is 18.6 Å². The molecule has 0 aliphatic carbocycles. The van der Waals surface area contributed by atoms with Gasteiger partial charge in [0.15, 0.2) is 0 Å². The molecule has 0 saturated carbocycles. The van der Waals surface area contributed by atoms with Crippen LogP contribution in [-0.2, 0) is 20.1 Å². The zero-order valence-electron chi connectivity index (χ0n) is 12.6. The van der Waals surface area contributed by atoms with E-state index in [-0.39, 0.29) is 5.82 Å². The Kier molecular flexibility index (Phi) is 4.11. The third kappa shape index (κ3) is 2.70. The third-order valence-corrected chi connectivity index (χ3v) is 3.76. The van der Waals surface area contributed by atoms with Gasteiger partial charge in [0.2, 0.25) is 0 Å². The molecule has 1 aromatic heterocycles. The number of aromatic nitrogens is 1. The molecule has 114 valence electrons. The monoisotopic (exact) mass is 298 g/mol. The van der Waals surface area contributed by atoms with Gasteiger partial charge in [-0.3, -0.25) is 0 Å². The van der Waals surface area contributed by atoms with E-state index in [0.29, 0.717) is 30.8 Å². The van der Waals surface area contributed by atoms with Crippen LogP contribution in [0.3, 0.4) is 0 Å². The highest BCUT2D eigenvalue weighted by atomic mass is 19.1. The van der Waals surface area contributed by atoms with Crippen LogP contribution in [0.15, 0.2) is 48.7 Å². The van der Waals surface area contributed by atoms with E-state index in [1.807, 2.05) is 43.6 Å². The van der Waals surface area contributed by atoms with Crippen LogP contribution < -0.4 is 10.5 Å². The molecular formula is C18H19FN2O. The van der Waals surface area contributed by atoms with Crippen LogP contribution in [0.25, 0.3) is 10.9 Å². The molecule has 2 N–H and O–H groups in total. The van der Waals surface area contributed by atoms with Crippen LogP contribution in [0.2, 0.25) is 0 Å². The largest absolute Gasteiger partial charge is 0.488 e. The molecule has 1 heterocycles. The fourth-order valence-electron chi connectivity index (χ4n) is 2.77. The second-order valence-corrected chi connectivity index (χ2v) is 5.35. The Morgan fingerprint density at radius 2 is 1.91 bits per heavy atom. The number of benzene rings is 2. The number of nitrogens with zero attached hydrogens (tertiary/aromatic N) is 1. The van der Waals surface area contributed by atoms with Gasteiger partial charge in [-0.2, -0.15) is 0 Å². The molecular weight excluding hydrogens is 279 g/mol. The SMILES string of the molecule is Cn1cc(CCN)c2c(OCc3ccccc3)ccc(F)c21. The van der Waals surface area contributed by atoms with E-state index in [4.69, 9.17) is 10.5 Å². The third-order valence-electron chi connectivity index (χ3n) is 3.76. The summed E-state index contributed by atoms with van der Waals surface area (Å²) in [6, 6.07) is 13.1. The number of hydrogen-bond donors (Lipinski definition) is 1. The second kappa shape index (κ2) is 6.20. The standard InChI is InChI=1S/C18H19FN2O/c1-21-11-14(9-10-20)17-16(8-7-15(19)18(17)21)22-12-13-5-3-2-4-6-13/h2-8,11H,9-10,12,20H2,1H3. The summed E-state index contributed by atoms with van der Waals surface area (Å²) in [4.78, 5) is 0. The van der Waals surface area contributed by atoms with Gasteiger partial charge < -0.3 is 15.0 Å². The molecule has 22 heavy (non-hydrogen) atoms. The summed E-state index contributed by atoms with van der Waals surface area (Å²) in [5.74, 6) is 0.456. The summed E-state index contributed by atoms with van der Waals surface area (Å²) in [5.41, 5.74) is 8.33. The predicted octanol–water partition coefficient (Wildman–Crippen LogP) is 3.40. The number of nitrogens with two attached hydrogens (primary N) is 1. The molecule has 3 rings (SSSR count). The van der Waals surface area contributed by atoms with Crippen LogP contribution >= 0.6 is 0 Å². The van der Waals surface area contributed by atoms with Gasteiger partial charge in [-0.25, -0.2) is 4.39 Å². The fraction of sp³-hybridized carbons (Fsp3) is 0.222. The molecule has 0 aliphatic rings. The first-order chi connectivity index (χ1) is 10.7. The minimum Gasteiger partial charge on any atom is -0.488 e. The summed E-state index contributed by atoms with van der Waals surface area (Å²) < 4.78 is 21.9. The van der Waals surface area contributed by atoms with Crippen molar-refractivity contribution < 1.29 is 9.13 Å². The molecule has 0 saturated heterocycles. The minimum atomic E-state index is -0.243. The van der Waals surface area contributed by atoms with Crippen LogP contribution in [-0.4, -0.2) is 11.1 Å². The molecule has 2 aromatic carbocycles. The minimum absolute atomic E-state index is 0.243. The van der Waals surface area contributed by atoms with E-state index in [0.717, 1.165) is 16.5 Å². The first-order valence-electron chi connectivity index (χ1n) is 7.34. The van der Waals surface area contributed by atoms with Crippen molar-refractivity contribution in [2.24, 2.45) is 12.8 Å². The van der Waals surface area contributed by atoms with Crippen LogP contribution in [0.5, 0.6) is 5.75 Å². The van der Waals surface area contributed by atoms with Gasteiger partial charge >= 0.3 is 0 Å². The summed E-state index contributed by atoms with van der Waals surface area (Å²) in [6.45, 7) is 0.978. The van der Waals surface area contributed by atoms with E-state index in [9.17, 15) is 4.39 Å². The summed E-state index contributed by atoms with van der Waals surface area (Å²) >= 11 is 0. The molecule has 0 radical (unpaired) electrons. The van der Waals surface area contributed by atoms with Gasteiger partial charge in [0.25, 0.3) is 0 Å². The van der Waals surface area contributed by atoms with Gasteiger partial charge in [0.1, 0.15) is 18.2 Å². The maximum atomic E-state index is 14.1. The Labute approximate surface area is 129 Å². The Morgan fingerprint density at radius 1 is 1.14 bits per heavy atom. The van der Waals surface area contributed by atoms with Gasteiger partial charge in [-0.15, -0.1) is 0 Å². The molecule has 4 heteroatoms. The van der Waals surface area contributed by atoms with Crippen LogP contribution in [0.4, 0.5) is 4.39 Å². The lowest BCUT2D eigenvalue weighted by atomic mass is 10.1. The lowest BCUT2D eigenvalue weighted by Gasteiger charge is -2.10. The Hall–Kier alpha value is -2.33. The topological polar surface area (TPSA) is 40.2 Å². The van der Waals surface area contributed by atoms with Crippen molar-refractivity contribution in [2.45, 2.75) is 13.0 Å². The summed E-state index contributed by atoms with van der Waals surface area (Å²) in [7, 11) is 1.84. The van der Waals surface area contributed by atoms with Crippen LogP contribution in [0, 0.1) is 5.82 Å². The highest BCUT2D eigenvalue weighted by Crippen LogP contribution is 2.33. The summed E-state index contributed by atoms with van der Waals surface area (Å²) in [5, 5.41) is 0.823. The van der Waals surface area contributed by atoms with E-state index >= 15 is 0 Å². The Balaban J connectivity index is 2.00. The molecule has 3 nitrogen and oxygen atoms in total. The van der Waals surface area contributed by atoms with Crippen molar-refractivity contribution in [3.63, 3.8) is 0 Å². The summed E-state index contributed by atoms with van der Waals surface area (Å²) in [6.07, 6.45) is 2.62. The first kappa shape index (κ1) is 14.6. The van der Waals surface area contributed by atoms with Gasteiger partial charge in [-0.1, -0.05) is 30.3 Å². The number of ether oxygens (including phenoxy) is 1. The predicted molar refractivity (Wildman–Crippen MR) is 86.4 cm³/mol. The highest BCUT2D eigenvalue weighted by molar-refractivity contribution is 5.90. The van der Waals surface area contributed by atoms with Crippen molar-refractivity contribution >= 4 is 10.9 Å². The van der Waals surface area contributed by atoms with E-state index in [1.165, 1.54) is 6.07 Å². The zero-order valence-corrected chi connectivity index (χ0v) is 12.6. The zero-order chi connectivity index (χ0) is 15.5. The van der Waals surface area contributed by atoms with Gasteiger partial charge in [-0.05, 0) is 36.2 Å². The number of rotatable bonds is 5. The smallest absolute Gasteiger partial charge is 0.147 e. The molecule has 0 fully saturated rings. The Bertz CT molecular complexity index is 781. The average molecular weight is 298 g/mol. The lowest BCUT2D eigenvalue weighted by Crippen LogP contribution is -2.03. The van der Waals surface area contributed by atoms with Crippen molar-refractivity contribution in [1.82, 2.24) is 4.57 Å². The molecule has 0 amide bonds. The molecule has 3 aromatic rings.